The maximum Gasteiger partial charge on any atom is 0.169 e. The Kier molecular flexibility index (Phi) is 4.53. The fraction of sp³-hybridized carbons (Fsp3) is 0.600. The molecule has 0 amide bonds. The number of furan rings is 1. The van der Waals surface area contributed by atoms with Gasteiger partial charge in [0, 0.05) is 6.04 Å². The van der Waals surface area contributed by atoms with Crippen molar-refractivity contribution in [2.24, 2.45) is 0 Å². The van der Waals surface area contributed by atoms with Crippen LogP contribution in [0.15, 0.2) is 21.2 Å². The lowest BCUT2D eigenvalue weighted by Crippen LogP contribution is -2.26. The number of hydrogen-bond acceptors (Lipinski definition) is 2. The van der Waals surface area contributed by atoms with Gasteiger partial charge in [-0.25, -0.2) is 0 Å². The van der Waals surface area contributed by atoms with Gasteiger partial charge in [0.2, 0.25) is 0 Å². The van der Waals surface area contributed by atoms with Crippen LogP contribution in [0.5, 0.6) is 0 Å². The third-order valence-electron chi connectivity index (χ3n) is 2.18. The lowest BCUT2D eigenvalue weighted by Gasteiger charge is -2.12. The third-order valence-corrected chi connectivity index (χ3v) is 2.61. The number of nitrogens with one attached hydrogen (secondary N) is 1. The molecule has 0 atom stereocenters. The summed E-state index contributed by atoms with van der Waals surface area (Å²) in [4.78, 5) is 0. The molecular weight excluding hydrogens is 230 g/mol. The quantitative estimate of drug-likeness (QED) is 0.862. The second-order valence-electron chi connectivity index (χ2n) is 3.10. The molecule has 0 fully saturated rings. The smallest absolute Gasteiger partial charge is 0.169 e. The molecule has 1 heterocycles. The van der Waals surface area contributed by atoms with Gasteiger partial charge in [-0.15, -0.1) is 0 Å². The Morgan fingerprint density at radius 2 is 2.08 bits per heavy atom. The molecule has 0 unspecified atom stereocenters. The monoisotopic (exact) mass is 245 g/mol. The zero-order chi connectivity index (χ0) is 9.68. The predicted octanol–water partition coefficient (Wildman–Crippen LogP) is 3.32. The predicted molar refractivity (Wildman–Crippen MR) is 57.6 cm³/mol. The van der Waals surface area contributed by atoms with Crippen LogP contribution in [0, 0.1) is 0 Å². The molecule has 13 heavy (non-hydrogen) atoms. The van der Waals surface area contributed by atoms with Crippen molar-refractivity contribution in [1.29, 1.82) is 0 Å². The van der Waals surface area contributed by atoms with E-state index in [1.54, 1.807) is 0 Å². The lowest BCUT2D eigenvalue weighted by molar-refractivity contribution is 0.421. The summed E-state index contributed by atoms with van der Waals surface area (Å²) in [6.07, 6.45) is 2.33. The van der Waals surface area contributed by atoms with Gasteiger partial charge in [-0.05, 0) is 40.9 Å². The number of rotatable bonds is 5. The molecule has 0 aliphatic rings. The summed E-state index contributed by atoms with van der Waals surface area (Å²) in [7, 11) is 0. The normalized spacial score (nSPS) is 11.1. The molecule has 0 spiro atoms. The molecule has 2 nitrogen and oxygen atoms in total. The summed E-state index contributed by atoms with van der Waals surface area (Å²) in [6.45, 7) is 5.20. The molecule has 0 saturated heterocycles. The molecule has 0 bridgehead atoms. The topological polar surface area (TPSA) is 25.2 Å². The highest BCUT2D eigenvalue weighted by molar-refractivity contribution is 9.10. The fourth-order valence-corrected chi connectivity index (χ4v) is 1.61. The first kappa shape index (κ1) is 10.8. The summed E-state index contributed by atoms with van der Waals surface area (Å²) >= 11 is 3.28. The highest BCUT2D eigenvalue weighted by Crippen LogP contribution is 2.14. The Hall–Kier alpha value is -0.280. The lowest BCUT2D eigenvalue weighted by atomic mass is 10.2. The van der Waals surface area contributed by atoms with Crippen molar-refractivity contribution >= 4 is 15.9 Å². The van der Waals surface area contributed by atoms with Crippen LogP contribution in [0.4, 0.5) is 0 Å². The van der Waals surface area contributed by atoms with Gasteiger partial charge in [0.05, 0.1) is 6.54 Å². The highest BCUT2D eigenvalue weighted by atomic mass is 79.9. The van der Waals surface area contributed by atoms with Crippen molar-refractivity contribution in [1.82, 2.24) is 5.32 Å². The molecule has 0 aliphatic heterocycles. The Labute approximate surface area is 87.8 Å². The summed E-state index contributed by atoms with van der Waals surface area (Å²) in [5.74, 6) is 0.985. The molecule has 0 radical (unpaired) electrons. The fourth-order valence-electron chi connectivity index (χ4n) is 1.27. The molecule has 1 N–H and O–H groups in total. The Morgan fingerprint density at radius 3 is 2.54 bits per heavy atom. The van der Waals surface area contributed by atoms with E-state index in [0.29, 0.717) is 6.04 Å². The molecule has 3 heteroatoms. The summed E-state index contributed by atoms with van der Waals surface area (Å²) in [5.41, 5.74) is 0. The van der Waals surface area contributed by atoms with Crippen LogP contribution in [-0.4, -0.2) is 6.04 Å². The Balaban J connectivity index is 2.33. The van der Waals surface area contributed by atoms with Crippen molar-refractivity contribution in [3.63, 3.8) is 0 Å². The summed E-state index contributed by atoms with van der Waals surface area (Å²) in [5, 5.41) is 3.43. The van der Waals surface area contributed by atoms with Crippen molar-refractivity contribution in [3.05, 3.63) is 22.6 Å². The van der Waals surface area contributed by atoms with E-state index in [4.69, 9.17) is 4.42 Å². The van der Waals surface area contributed by atoms with E-state index in [0.717, 1.165) is 17.0 Å². The average Bonchev–Trinajstić information content (AvgIpc) is 2.53. The second-order valence-corrected chi connectivity index (χ2v) is 3.88. The standard InChI is InChI=1S/C10H16BrNO/c1-3-8(4-2)12-7-9-5-6-10(11)13-9/h5-6,8,12H,3-4,7H2,1-2H3. The third kappa shape index (κ3) is 3.53. The van der Waals surface area contributed by atoms with Crippen LogP contribution >= 0.6 is 15.9 Å². The van der Waals surface area contributed by atoms with Crippen LogP contribution in [0.3, 0.4) is 0 Å². The van der Waals surface area contributed by atoms with E-state index in [2.05, 4.69) is 35.1 Å². The van der Waals surface area contributed by atoms with E-state index in [9.17, 15) is 0 Å². The van der Waals surface area contributed by atoms with Crippen LogP contribution in [0.25, 0.3) is 0 Å². The molecule has 1 aromatic heterocycles. The minimum atomic E-state index is 0.601. The molecule has 0 saturated carbocycles. The summed E-state index contributed by atoms with van der Waals surface area (Å²) < 4.78 is 6.18. The summed E-state index contributed by atoms with van der Waals surface area (Å²) in [6, 6.07) is 4.51. The van der Waals surface area contributed by atoms with E-state index < -0.39 is 0 Å². The van der Waals surface area contributed by atoms with Crippen LogP contribution in [0.1, 0.15) is 32.4 Å². The van der Waals surface area contributed by atoms with E-state index in [1.807, 2.05) is 12.1 Å². The van der Waals surface area contributed by atoms with Crippen LogP contribution in [-0.2, 0) is 6.54 Å². The van der Waals surface area contributed by atoms with Crippen molar-refractivity contribution in [3.8, 4) is 0 Å². The molecule has 1 rings (SSSR count). The van der Waals surface area contributed by atoms with Gasteiger partial charge in [0.1, 0.15) is 5.76 Å². The first-order chi connectivity index (χ1) is 6.26. The minimum absolute atomic E-state index is 0.601. The van der Waals surface area contributed by atoms with E-state index >= 15 is 0 Å². The second kappa shape index (κ2) is 5.45. The maximum absolute atomic E-state index is 5.38. The SMILES string of the molecule is CCC(CC)NCc1ccc(Br)o1. The van der Waals surface area contributed by atoms with Gasteiger partial charge in [-0.1, -0.05) is 13.8 Å². The van der Waals surface area contributed by atoms with Crippen molar-refractivity contribution in [2.75, 3.05) is 0 Å². The van der Waals surface area contributed by atoms with Crippen LogP contribution < -0.4 is 5.32 Å². The molecule has 1 aromatic rings. The first-order valence-corrected chi connectivity index (χ1v) is 5.53. The Bertz CT molecular complexity index is 243. The van der Waals surface area contributed by atoms with E-state index in [-0.39, 0.29) is 0 Å². The van der Waals surface area contributed by atoms with Gasteiger partial charge in [0.25, 0.3) is 0 Å². The molecular formula is C10H16BrNO. The highest BCUT2D eigenvalue weighted by Gasteiger charge is 2.04. The minimum Gasteiger partial charge on any atom is -0.453 e. The van der Waals surface area contributed by atoms with E-state index in [1.165, 1.54) is 12.8 Å². The molecule has 74 valence electrons. The largest absolute Gasteiger partial charge is 0.453 e. The van der Waals surface area contributed by atoms with Gasteiger partial charge in [-0.2, -0.15) is 0 Å². The van der Waals surface area contributed by atoms with Gasteiger partial charge >= 0.3 is 0 Å². The zero-order valence-electron chi connectivity index (χ0n) is 8.14. The van der Waals surface area contributed by atoms with Crippen molar-refractivity contribution < 1.29 is 4.42 Å². The average molecular weight is 246 g/mol. The van der Waals surface area contributed by atoms with Gasteiger partial charge < -0.3 is 9.73 Å². The van der Waals surface area contributed by atoms with Gasteiger partial charge in [0.15, 0.2) is 4.67 Å². The maximum atomic E-state index is 5.38. The number of halogens is 1. The molecule has 0 aliphatic carbocycles. The molecule has 0 aromatic carbocycles. The Morgan fingerprint density at radius 1 is 1.38 bits per heavy atom. The number of hydrogen-bond donors (Lipinski definition) is 1. The first-order valence-electron chi connectivity index (χ1n) is 4.73. The van der Waals surface area contributed by atoms with Crippen molar-refractivity contribution in [2.45, 2.75) is 39.3 Å². The van der Waals surface area contributed by atoms with Crippen LogP contribution in [0.2, 0.25) is 0 Å². The zero-order valence-corrected chi connectivity index (χ0v) is 9.73. The van der Waals surface area contributed by atoms with Gasteiger partial charge in [-0.3, -0.25) is 0 Å².